The van der Waals surface area contributed by atoms with Crippen molar-refractivity contribution in [2.24, 2.45) is 5.92 Å². The van der Waals surface area contributed by atoms with Crippen LogP contribution in [-0.2, 0) is 6.42 Å². The molecule has 0 radical (unpaired) electrons. The molecule has 1 saturated carbocycles. The van der Waals surface area contributed by atoms with Gasteiger partial charge in [-0.3, -0.25) is 4.79 Å². The van der Waals surface area contributed by atoms with E-state index >= 15 is 0 Å². The molecule has 0 aromatic heterocycles. The summed E-state index contributed by atoms with van der Waals surface area (Å²) in [5, 5.41) is 0. The zero-order valence-electron chi connectivity index (χ0n) is 11.9. The summed E-state index contributed by atoms with van der Waals surface area (Å²) < 4.78 is 0. The number of Topliss-reactive ketones (excluding diaryl/α,β-unsaturated/α-hetero) is 1. The number of carbonyl (C=O) groups excluding carboxylic acids is 1. The van der Waals surface area contributed by atoms with E-state index in [0.29, 0.717) is 11.7 Å². The molecule has 3 rings (SSSR count). The van der Waals surface area contributed by atoms with Crippen molar-refractivity contribution in [1.82, 2.24) is 0 Å². The van der Waals surface area contributed by atoms with E-state index in [0.717, 1.165) is 24.8 Å². The van der Waals surface area contributed by atoms with Gasteiger partial charge in [0, 0.05) is 11.5 Å². The fourth-order valence-corrected chi connectivity index (χ4v) is 2.89. The molecule has 1 heteroatoms. The molecule has 0 spiro atoms. The highest BCUT2D eigenvalue weighted by atomic mass is 16.1. The van der Waals surface area contributed by atoms with Gasteiger partial charge in [0.1, 0.15) is 0 Å². The van der Waals surface area contributed by atoms with Gasteiger partial charge in [-0.15, -0.1) is 0 Å². The lowest BCUT2D eigenvalue weighted by Gasteiger charge is -2.03. The summed E-state index contributed by atoms with van der Waals surface area (Å²) in [4.78, 5) is 12.5. The number of hydrogen-bond acceptors (Lipinski definition) is 1. The average molecular weight is 264 g/mol. The molecule has 0 aliphatic heterocycles. The fourth-order valence-electron chi connectivity index (χ4n) is 2.89. The van der Waals surface area contributed by atoms with E-state index in [9.17, 15) is 4.79 Å². The molecule has 1 aliphatic rings. The maximum Gasteiger partial charge on any atom is 0.166 e. The van der Waals surface area contributed by atoms with E-state index < -0.39 is 0 Å². The molecule has 1 fully saturated rings. The standard InChI is InChI=1S/C19H20O/c1-2-6-14-9-11-16(12-10-14)19(20)18-13-17(18)15-7-4-3-5-8-15/h3-5,7-12,17-18H,2,6,13H2,1H3. The lowest BCUT2D eigenvalue weighted by atomic mass is 10.0. The monoisotopic (exact) mass is 264 g/mol. The van der Waals surface area contributed by atoms with Crippen LogP contribution in [-0.4, -0.2) is 5.78 Å². The molecule has 2 unspecified atom stereocenters. The number of rotatable bonds is 5. The molecule has 2 atom stereocenters. The topological polar surface area (TPSA) is 17.1 Å². The van der Waals surface area contributed by atoms with E-state index in [1.807, 2.05) is 18.2 Å². The van der Waals surface area contributed by atoms with E-state index in [4.69, 9.17) is 0 Å². The SMILES string of the molecule is CCCc1ccc(C(=O)C2CC2c2ccccc2)cc1. The van der Waals surface area contributed by atoms with E-state index in [1.54, 1.807) is 0 Å². The fraction of sp³-hybridized carbons (Fsp3) is 0.316. The van der Waals surface area contributed by atoms with Gasteiger partial charge in [-0.2, -0.15) is 0 Å². The molecule has 0 N–H and O–H groups in total. The highest BCUT2D eigenvalue weighted by molar-refractivity contribution is 6.00. The van der Waals surface area contributed by atoms with Gasteiger partial charge in [0.2, 0.25) is 0 Å². The van der Waals surface area contributed by atoms with Crippen LogP contribution in [0.15, 0.2) is 54.6 Å². The molecular weight excluding hydrogens is 244 g/mol. The second kappa shape index (κ2) is 5.62. The summed E-state index contributed by atoms with van der Waals surface area (Å²) in [6, 6.07) is 18.6. The molecule has 2 aromatic rings. The van der Waals surface area contributed by atoms with Crippen LogP contribution in [0.3, 0.4) is 0 Å². The summed E-state index contributed by atoms with van der Waals surface area (Å²) in [5.41, 5.74) is 3.49. The first kappa shape index (κ1) is 13.1. The van der Waals surface area contributed by atoms with Crippen LogP contribution in [0.25, 0.3) is 0 Å². The molecule has 0 bridgehead atoms. The largest absolute Gasteiger partial charge is 0.294 e. The molecular formula is C19H20O. The van der Waals surface area contributed by atoms with Gasteiger partial charge in [-0.1, -0.05) is 67.9 Å². The van der Waals surface area contributed by atoms with Gasteiger partial charge < -0.3 is 0 Å². The Morgan fingerprint density at radius 1 is 1.05 bits per heavy atom. The van der Waals surface area contributed by atoms with Gasteiger partial charge in [0.05, 0.1) is 0 Å². The zero-order valence-corrected chi connectivity index (χ0v) is 11.9. The summed E-state index contributed by atoms with van der Waals surface area (Å²) in [7, 11) is 0. The van der Waals surface area contributed by atoms with Crippen molar-refractivity contribution in [2.45, 2.75) is 32.1 Å². The average Bonchev–Trinajstić information content (AvgIpc) is 3.29. The third kappa shape index (κ3) is 2.67. The first-order chi connectivity index (χ1) is 9.79. The molecule has 20 heavy (non-hydrogen) atoms. The zero-order chi connectivity index (χ0) is 13.9. The quantitative estimate of drug-likeness (QED) is 0.720. The van der Waals surface area contributed by atoms with Crippen LogP contribution < -0.4 is 0 Å². The van der Waals surface area contributed by atoms with Crippen LogP contribution in [0, 0.1) is 5.92 Å². The Kier molecular flexibility index (Phi) is 3.68. The van der Waals surface area contributed by atoms with Crippen molar-refractivity contribution < 1.29 is 4.79 Å². The summed E-state index contributed by atoms with van der Waals surface area (Å²) in [6.07, 6.45) is 3.23. The van der Waals surface area contributed by atoms with Crippen molar-refractivity contribution in [3.8, 4) is 0 Å². The van der Waals surface area contributed by atoms with Gasteiger partial charge in [0.25, 0.3) is 0 Å². The van der Waals surface area contributed by atoms with Crippen molar-refractivity contribution in [2.75, 3.05) is 0 Å². The van der Waals surface area contributed by atoms with Crippen molar-refractivity contribution in [3.05, 3.63) is 71.3 Å². The molecule has 0 heterocycles. The Labute approximate surface area is 120 Å². The number of benzene rings is 2. The minimum atomic E-state index is 0.189. The molecule has 2 aromatic carbocycles. The first-order valence-corrected chi connectivity index (χ1v) is 7.47. The predicted octanol–water partition coefficient (Wildman–Crippen LogP) is 4.63. The van der Waals surface area contributed by atoms with Crippen LogP contribution in [0.1, 0.15) is 47.2 Å². The number of carbonyl (C=O) groups is 1. The van der Waals surface area contributed by atoms with E-state index in [1.165, 1.54) is 11.1 Å². The molecule has 0 saturated heterocycles. The normalized spacial score (nSPS) is 20.6. The lowest BCUT2D eigenvalue weighted by Crippen LogP contribution is -2.03. The minimum absolute atomic E-state index is 0.189. The molecule has 0 amide bonds. The number of ketones is 1. The van der Waals surface area contributed by atoms with Gasteiger partial charge in [0.15, 0.2) is 5.78 Å². The van der Waals surface area contributed by atoms with Gasteiger partial charge in [-0.25, -0.2) is 0 Å². The van der Waals surface area contributed by atoms with E-state index in [2.05, 4.69) is 43.3 Å². The summed E-state index contributed by atoms with van der Waals surface area (Å²) in [5.74, 6) is 0.926. The van der Waals surface area contributed by atoms with Crippen LogP contribution in [0.4, 0.5) is 0 Å². The minimum Gasteiger partial charge on any atom is -0.294 e. The number of aryl methyl sites for hydroxylation is 1. The third-order valence-electron chi connectivity index (χ3n) is 4.13. The van der Waals surface area contributed by atoms with Crippen molar-refractivity contribution >= 4 is 5.78 Å². The predicted molar refractivity (Wildman–Crippen MR) is 82.1 cm³/mol. The van der Waals surface area contributed by atoms with Gasteiger partial charge in [-0.05, 0) is 29.9 Å². The van der Waals surface area contributed by atoms with Crippen LogP contribution >= 0.6 is 0 Å². The third-order valence-corrected chi connectivity index (χ3v) is 4.13. The van der Waals surface area contributed by atoms with E-state index in [-0.39, 0.29) is 5.92 Å². The van der Waals surface area contributed by atoms with Crippen LogP contribution in [0.2, 0.25) is 0 Å². The Bertz CT molecular complexity index is 583. The lowest BCUT2D eigenvalue weighted by molar-refractivity contribution is 0.0965. The molecule has 1 nitrogen and oxygen atoms in total. The Morgan fingerprint density at radius 3 is 2.40 bits per heavy atom. The summed E-state index contributed by atoms with van der Waals surface area (Å²) >= 11 is 0. The Balaban J connectivity index is 1.68. The molecule has 102 valence electrons. The Hall–Kier alpha value is -1.89. The number of hydrogen-bond donors (Lipinski definition) is 0. The Morgan fingerprint density at radius 2 is 1.75 bits per heavy atom. The summed E-state index contributed by atoms with van der Waals surface area (Å²) in [6.45, 7) is 2.17. The van der Waals surface area contributed by atoms with Crippen molar-refractivity contribution in [1.29, 1.82) is 0 Å². The maximum absolute atomic E-state index is 12.5. The highest BCUT2D eigenvalue weighted by Crippen LogP contribution is 2.49. The first-order valence-electron chi connectivity index (χ1n) is 7.47. The second-order valence-electron chi connectivity index (χ2n) is 5.67. The van der Waals surface area contributed by atoms with Crippen molar-refractivity contribution in [3.63, 3.8) is 0 Å². The van der Waals surface area contributed by atoms with Crippen LogP contribution in [0.5, 0.6) is 0 Å². The smallest absolute Gasteiger partial charge is 0.166 e. The van der Waals surface area contributed by atoms with Gasteiger partial charge >= 0.3 is 0 Å². The molecule has 1 aliphatic carbocycles. The maximum atomic E-state index is 12.5. The highest BCUT2D eigenvalue weighted by Gasteiger charge is 2.43. The second-order valence-corrected chi connectivity index (χ2v) is 5.67.